The summed E-state index contributed by atoms with van der Waals surface area (Å²) in [6, 6.07) is 7.39. The number of benzene rings is 1. The summed E-state index contributed by atoms with van der Waals surface area (Å²) >= 11 is 6.01. The molecule has 1 atom stereocenters. The number of carbonyl (C=O) groups is 2. The first kappa shape index (κ1) is 15.5. The molecule has 5 heteroatoms. The summed E-state index contributed by atoms with van der Waals surface area (Å²) in [7, 11) is 0. The van der Waals surface area contributed by atoms with E-state index in [1.807, 2.05) is 18.2 Å². The van der Waals surface area contributed by atoms with Crippen LogP contribution in [0.4, 0.5) is 0 Å². The van der Waals surface area contributed by atoms with Gasteiger partial charge in [0.25, 0.3) is 0 Å². The predicted molar refractivity (Wildman–Crippen MR) is 72.1 cm³/mol. The second kappa shape index (κ2) is 7.79. The van der Waals surface area contributed by atoms with Crippen molar-refractivity contribution in [1.29, 1.82) is 0 Å². The van der Waals surface area contributed by atoms with Gasteiger partial charge in [0.05, 0.1) is 6.61 Å². The Morgan fingerprint density at radius 2 is 2.05 bits per heavy atom. The van der Waals surface area contributed by atoms with Crippen molar-refractivity contribution in [1.82, 2.24) is 0 Å². The minimum atomic E-state index is -1.14. The minimum absolute atomic E-state index is 0.188. The number of halogens is 1. The number of ether oxygens (including phenoxy) is 1. The second-order valence-corrected chi connectivity index (χ2v) is 4.53. The second-order valence-electron chi connectivity index (χ2n) is 4.13. The van der Waals surface area contributed by atoms with Crippen molar-refractivity contribution < 1.29 is 19.4 Å². The quantitative estimate of drug-likeness (QED) is 0.618. The fourth-order valence-electron chi connectivity index (χ4n) is 1.78. The lowest BCUT2D eigenvalue weighted by Gasteiger charge is -2.11. The van der Waals surface area contributed by atoms with Crippen molar-refractivity contribution in [3.63, 3.8) is 0 Å². The topological polar surface area (TPSA) is 63.6 Å². The summed E-state index contributed by atoms with van der Waals surface area (Å²) in [5.41, 5.74) is 0.956. The van der Waals surface area contributed by atoms with Crippen LogP contribution in [-0.2, 0) is 20.7 Å². The Hall–Kier alpha value is -1.55. The summed E-state index contributed by atoms with van der Waals surface area (Å²) in [5.74, 6) is -2.91. The zero-order chi connectivity index (χ0) is 14.3. The molecule has 0 aromatic heterocycles. The highest BCUT2D eigenvalue weighted by Crippen LogP contribution is 2.19. The molecule has 0 spiro atoms. The summed E-state index contributed by atoms with van der Waals surface area (Å²) < 4.78 is 4.75. The van der Waals surface area contributed by atoms with Gasteiger partial charge in [0.1, 0.15) is 0 Å². The average molecular weight is 285 g/mol. The highest BCUT2D eigenvalue weighted by atomic mass is 35.5. The number of carboxylic acids is 1. The molecule has 1 aromatic carbocycles. The Labute approximate surface area is 117 Å². The van der Waals surface area contributed by atoms with Crippen LogP contribution in [0.2, 0.25) is 5.02 Å². The lowest BCUT2D eigenvalue weighted by molar-refractivity contribution is -0.158. The molecule has 19 heavy (non-hydrogen) atoms. The maximum atomic E-state index is 11.5. The molecule has 0 aliphatic rings. The molecule has 0 saturated heterocycles. The number of carbonyl (C=O) groups excluding carboxylic acids is 1. The molecule has 0 fully saturated rings. The summed E-state index contributed by atoms with van der Waals surface area (Å²) in [4.78, 5) is 22.5. The van der Waals surface area contributed by atoms with E-state index in [-0.39, 0.29) is 13.0 Å². The SMILES string of the molecule is CCOC(=O)[C@H](CCCc1ccccc1Cl)C(=O)O. The van der Waals surface area contributed by atoms with Gasteiger partial charge in [-0.1, -0.05) is 29.8 Å². The van der Waals surface area contributed by atoms with Crippen LogP contribution in [0.15, 0.2) is 24.3 Å². The maximum absolute atomic E-state index is 11.5. The van der Waals surface area contributed by atoms with Crippen molar-refractivity contribution in [2.45, 2.75) is 26.2 Å². The Kier molecular flexibility index (Phi) is 6.36. The number of esters is 1. The van der Waals surface area contributed by atoms with E-state index in [0.717, 1.165) is 5.56 Å². The van der Waals surface area contributed by atoms with Crippen LogP contribution in [0.25, 0.3) is 0 Å². The first-order valence-electron chi connectivity index (χ1n) is 6.19. The molecule has 0 aliphatic carbocycles. The summed E-state index contributed by atoms with van der Waals surface area (Å²) in [6.45, 7) is 1.84. The van der Waals surface area contributed by atoms with Crippen LogP contribution in [0.3, 0.4) is 0 Å². The van der Waals surface area contributed by atoms with Crippen molar-refractivity contribution in [3.05, 3.63) is 34.9 Å². The van der Waals surface area contributed by atoms with Crippen LogP contribution >= 0.6 is 11.6 Å². The molecule has 4 nitrogen and oxygen atoms in total. The van der Waals surface area contributed by atoms with Gasteiger partial charge in [0, 0.05) is 5.02 Å². The minimum Gasteiger partial charge on any atom is -0.481 e. The molecular weight excluding hydrogens is 268 g/mol. The fraction of sp³-hybridized carbons (Fsp3) is 0.429. The van der Waals surface area contributed by atoms with Gasteiger partial charge in [-0.25, -0.2) is 0 Å². The van der Waals surface area contributed by atoms with Crippen molar-refractivity contribution in [2.75, 3.05) is 6.61 Å². The molecule has 0 bridgehead atoms. The smallest absolute Gasteiger partial charge is 0.320 e. The van der Waals surface area contributed by atoms with Gasteiger partial charge in [0.2, 0.25) is 0 Å². The van der Waals surface area contributed by atoms with Crippen LogP contribution in [-0.4, -0.2) is 23.7 Å². The van der Waals surface area contributed by atoms with E-state index >= 15 is 0 Å². The van der Waals surface area contributed by atoms with Gasteiger partial charge in [-0.3, -0.25) is 9.59 Å². The Morgan fingerprint density at radius 1 is 1.37 bits per heavy atom. The zero-order valence-corrected chi connectivity index (χ0v) is 11.5. The third kappa shape index (κ3) is 4.91. The molecule has 104 valence electrons. The van der Waals surface area contributed by atoms with Crippen molar-refractivity contribution in [3.8, 4) is 0 Å². The highest BCUT2D eigenvalue weighted by molar-refractivity contribution is 6.31. The summed E-state index contributed by atoms with van der Waals surface area (Å²) in [6.07, 6.45) is 1.46. The summed E-state index contributed by atoms with van der Waals surface area (Å²) in [5, 5.41) is 9.65. The standard InChI is InChI=1S/C14H17ClO4/c1-2-19-14(18)11(13(16)17)8-5-7-10-6-3-4-9-12(10)15/h3-4,6,9,11H,2,5,7-8H2,1H3,(H,16,17)/t11-/m1/s1. The van der Waals surface area contributed by atoms with Crippen molar-refractivity contribution in [2.24, 2.45) is 5.92 Å². The third-order valence-corrected chi connectivity index (χ3v) is 3.13. The maximum Gasteiger partial charge on any atom is 0.320 e. The van der Waals surface area contributed by atoms with Gasteiger partial charge in [-0.15, -0.1) is 0 Å². The lowest BCUT2D eigenvalue weighted by Crippen LogP contribution is -2.26. The van der Waals surface area contributed by atoms with Gasteiger partial charge < -0.3 is 9.84 Å². The van der Waals surface area contributed by atoms with Gasteiger partial charge in [0.15, 0.2) is 5.92 Å². The largest absolute Gasteiger partial charge is 0.481 e. The normalized spacial score (nSPS) is 11.9. The van der Waals surface area contributed by atoms with E-state index in [2.05, 4.69) is 0 Å². The van der Waals surface area contributed by atoms with Gasteiger partial charge in [-0.2, -0.15) is 0 Å². The number of aryl methyl sites for hydroxylation is 1. The first-order valence-corrected chi connectivity index (χ1v) is 6.57. The third-order valence-electron chi connectivity index (χ3n) is 2.77. The van der Waals surface area contributed by atoms with E-state index < -0.39 is 17.9 Å². The Morgan fingerprint density at radius 3 is 2.63 bits per heavy atom. The average Bonchev–Trinajstić information content (AvgIpc) is 2.36. The van der Waals surface area contributed by atoms with Crippen LogP contribution < -0.4 is 0 Å². The number of hydrogen-bond acceptors (Lipinski definition) is 3. The number of carboxylic acid groups (broad SMARTS) is 1. The molecule has 1 N–H and O–H groups in total. The van der Waals surface area contributed by atoms with E-state index in [1.54, 1.807) is 13.0 Å². The van der Waals surface area contributed by atoms with Gasteiger partial charge >= 0.3 is 11.9 Å². The molecule has 1 rings (SSSR count). The molecule has 0 radical (unpaired) electrons. The predicted octanol–water partition coefficient (Wildman–Crippen LogP) is 2.93. The molecule has 0 heterocycles. The fourth-order valence-corrected chi connectivity index (χ4v) is 2.01. The molecule has 0 saturated carbocycles. The molecule has 0 amide bonds. The van der Waals surface area contributed by atoms with Crippen molar-refractivity contribution >= 4 is 23.5 Å². The Balaban J connectivity index is 2.51. The number of aliphatic carboxylic acids is 1. The Bertz CT molecular complexity index is 445. The van der Waals surface area contributed by atoms with Gasteiger partial charge in [-0.05, 0) is 37.8 Å². The molecule has 1 aromatic rings. The number of hydrogen-bond donors (Lipinski definition) is 1. The lowest BCUT2D eigenvalue weighted by atomic mass is 9.99. The first-order chi connectivity index (χ1) is 9.06. The van der Waals surface area contributed by atoms with Crippen LogP contribution in [0, 0.1) is 5.92 Å². The van der Waals surface area contributed by atoms with Crippen LogP contribution in [0.1, 0.15) is 25.3 Å². The monoisotopic (exact) mass is 284 g/mol. The zero-order valence-electron chi connectivity index (χ0n) is 10.8. The van der Waals surface area contributed by atoms with E-state index in [4.69, 9.17) is 21.4 Å². The van der Waals surface area contributed by atoms with E-state index in [0.29, 0.717) is 17.9 Å². The molecule has 0 aliphatic heterocycles. The van der Waals surface area contributed by atoms with E-state index in [9.17, 15) is 9.59 Å². The van der Waals surface area contributed by atoms with Crippen LogP contribution in [0.5, 0.6) is 0 Å². The molecule has 0 unspecified atom stereocenters. The molecular formula is C14H17ClO4. The van der Waals surface area contributed by atoms with E-state index in [1.165, 1.54) is 0 Å². The highest BCUT2D eigenvalue weighted by Gasteiger charge is 2.26. The number of rotatable bonds is 7.